The Kier molecular flexibility index (Phi) is 5.55. The van der Waals surface area contributed by atoms with Crippen molar-refractivity contribution < 1.29 is 4.79 Å². The number of carbonyl (C=O) groups is 1. The van der Waals surface area contributed by atoms with Gasteiger partial charge in [0.15, 0.2) is 0 Å². The van der Waals surface area contributed by atoms with Gasteiger partial charge in [0.1, 0.15) is 17.5 Å². The highest BCUT2D eigenvalue weighted by Gasteiger charge is 2.11. The fraction of sp³-hybridized carbons (Fsp3) is 0.357. The normalized spacial score (nSPS) is 12.4. The van der Waals surface area contributed by atoms with Gasteiger partial charge in [-0.2, -0.15) is 5.26 Å². The molecule has 0 aliphatic carbocycles. The summed E-state index contributed by atoms with van der Waals surface area (Å²) in [4.78, 5) is 15.9. The zero-order chi connectivity index (χ0) is 14.3. The summed E-state index contributed by atoms with van der Waals surface area (Å²) in [5, 5.41) is 14.6. The second kappa shape index (κ2) is 7.17. The van der Waals surface area contributed by atoms with Crippen molar-refractivity contribution in [1.29, 1.82) is 5.26 Å². The number of carbonyl (C=O) groups excluding carboxylic acids is 1. The van der Waals surface area contributed by atoms with Crippen molar-refractivity contribution in [1.82, 2.24) is 10.3 Å². The first-order valence-electron chi connectivity index (χ1n) is 6.17. The van der Waals surface area contributed by atoms with E-state index in [1.807, 2.05) is 39.0 Å². The van der Waals surface area contributed by atoms with Gasteiger partial charge in [0.25, 0.3) is 5.91 Å². The third-order valence-corrected chi connectivity index (χ3v) is 2.72. The van der Waals surface area contributed by atoms with E-state index in [1.54, 1.807) is 6.20 Å². The van der Waals surface area contributed by atoms with Crippen LogP contribution in [0.2, 0.25) is 0 Å². The Hall–Kier alpha value is -2.35. The predicted molar refractivity (Wildman–Crippen MR) is 74.2 cm³/mol. The molecule has 0 aromatic carbocycles. The van der Waals surface area contributed by atoms with E-state index in [0.29, 0.717) is 5.82 Å². The summed E-state index contributed by atoms with van der Waals surface area (Å²) in [6.45, 7) is 5.76. The minimum atomic E-state index is -0.377. The lowest BCUT2D eigenvalue weighted by Gasteiger charge is -2.10. The van der Waals surface area contributed by atoms with Crippen molar-refractivity contribution in [3.63, 3.8) is 0 Å². The van der Waals surface area contributed by atoms with Gasteiger partial charge in [0, 0.05) is 18.4 Å². The molecule has 1 rings (SSSR count). The number of nitriles is 1. The number of hydrogen-bond acceptors (Lipinski definition) is 4. The number of rotatable bonds is 5. The van der Waals surface area contributed by atoms with Crippen molar-refractivity contribution >= 4 is 11.7 Å². The molecule has 0 spiro atoms. The van der Waals surface area contributed by atoms with E-state index in [0.717, 1.165) is 12.0 Å². The smallest absolute Gasteiger partial charge is 0.263 e. The highest BCUT2D eigenvalue weighted by atomic mass is 16.1. The summed E-state index contributed by atoms with van der Waals surface area (Å²) in [6, 6.07) is 5.64. The number of aromatic nitrogens is 1. The lowest BCUT2D eigenvalue weighted by molar-refractivity contribution is -0.117. The SMILES string of the molecule is CCC(C)NC(=O)/C(C#N)=C\Nc1ncccc1C. The summed E-state index contributed by atoms with van der Waals surface area (Å²) in [6.07, 6.45) is 3.85. The van der Waals surface area contributed by atoms with Crippen molar-refractivity contribution in [2.75, 3.05) is 5.32 Å². The molecule has 2 N–H and O–H groups in total. The van der Waals surface area contributed by atoms with Crippen LogP contribution in [-0.2, 0) is 4.79 Å². The minimum absolute atomic E-state index is 0.0327. The molecule has 0 bridgehead atoms. The van der Waals surface area contributed by atoms with E-state index < -0.39 is 0 Å². The molecule has 100 valence electrons. The van der Waals surface area contributed by atoms with Crippen molar-refractivity contribution in [2.24, 2.45) is 0 Å². The maximum Gasteiger partial charge on any atom is 0.263 e. The second-order valence-corrected chi connectivity index (χ2v) is 4.27. The van der Waals surface area contributed by atoms with E-state index in [-0.39, 0.29) is 17.5 Å². The number of pyridine rings is 1. The molecule has 19 heavy (non-hydrogen) atoms. The van der Waals surface area contributed by atoms with Gasteiger partial charge in [-0.05, 0) is 31.9 Å². The van der Waals surface area contributed by atoms with Crippen LogP contribution in [0.1, 0.15) is 25.8 Å². The molecule has 1 amide bonds. The number of anilines is 1. The van der Waals surface area contributed by atoms with Gasteiger partial charge >= 0.3 is 0 Å². The Balaban J connectivity index is 2.76. The van der Waals surface area contributed by atoms with Crippen LogP contribution < -0.4 is 10.6 Å². The largest absolute Gasteiger partial charge is 0.349 e. The highest BCUT2D eigenvalue weighted by molar-refractivity contribution is 5.97. The maximum atomic E-state index is 11.8. The van der Waals surface area contributed by atoms with Gasteiger partial charge in [-0.3, -0.25) is 4.79 Å². The average Bonchev–Trinajstić information content (AvgIpc) is 2.41. The minimum Gasteiger partial charge on any atom is -0.349 e. The molecule has 1 heterocycles. The number of amides is 1. The third-order valence-electron chi connectivity index (χ3n) is 2.72. The van der Waals surface area contributed by atoms with Crippen LogP contribution in [0.25, 0.3) is 0 Å². The standard InChI is InChI=1S/C14H18N4O/c1-4-11(3)18-14(19)12(8-15)9-17-13-10(2)6-5-7-16-13/h5-7,9,11H,4H2,1-3H3,(H,16,17)(H,18,19)/b12-9-. The van der Waals surface area contributed by atoms with Gasteiger partial charge in [-0.1, -0.05) is 13.0 Å². The molecule has 5 heteroatoms. The molecule has 1 unspecified atom stereocenters. The highest BCUT2D eigenvalue weighted by Crippen LogP contribution is 2.09. The van der Waals surface area contributed by atoms with E-state index >= 15 is 0 Å². The number of nitrogens with zero attached hydrogens (tertiary/aromatic N) is 2. The van der Waals surface area contributed by atoms with Crippen LogP contribution in [0, 0.1) is 18.3 Å². The quantitative estimate of drug-likeness (QED) is 0.626. The van der Waals surface area contributed by atoms with E-state index in [4.69, 9.17) is 5.26 Å². The Morgan fingerprint density at radius 2 is 2.37 bits per heavy atom. The van der Waals surface area contributed by atoms with Gasteiger partial charge < -0.3 is 10.6 Å². The average molecular weight is 258 g/mol. The molecule has 0 saturated heterocycles. The molecule has 1 aromatic rings. The van der Waals surface area contributed by atoms with Crippen LogP contribution in [0.4, 0.5) is 5.82 Å². The molecule has 0 fully saturated rings. The third kappa shape index (κ3) is 4.43. The molecular weight excluding hydrogens is 240 g/mol. The van der Waals surface area contributed by atoms with Crippen LogP contribution in [-0.4, -0.2) is 16.9 Å². The first-order chi connectivity index (χ1) is 9.08. The van der Waals surface area contributed by atoms with Crippen LogP contribution in [0.3, 0.4) is 0 Å². The molecular formula is C14H18N4O. The Labute approximate surface area is 113 Å². The summed E-state index contributed by atoms with van der Waals surface area (Å²) >= 11 is 0. The fourth-order valence-corrected chi connectivity index (χ4v) is 1.33. The Morgan fingerprint density at radius 1 is 1.63 bits per heavy atom. The predicted octanol–water partition coefficient (Wildman–Crippen LogP) is 2.12. The van der Waals surface area contributed by atoms with Gasteiger partial charge in [-0.25, -0.2) is 4.98 Å². The zero-order valence-corrected chi connectivity index (χ0v) is 11.4. The lowest BCUT2D eigenvalue weighted by atomic mass is 10.2. The zero-order valence-electron chi connectivity index (χ0n) is 11.4. The topological polar surface area (TPSA) is 77.8 Å². The number of aryl methyl sites for hydroxylation is 1. The molecule has 5 nitrogen and oxygen atoms in total. The maximum absolute atomic E-state index is 11.8. The van der Waals surface area contributed by atoms with E-state index in [2.05, 4.69) is 15.6 Å². The number of nitrogens with one attached hydrogen (secondary N) is 2. The molecule has 0 aliphatic rings. The molecule has 0 saturated carbocycles. The lowest BCUT2D eigenvalue weighted by Crippen LogP contribution is -2.33. The van der Waals surface area contributed by atoms with Crippen molar-refractivity contribution in [3.8, 4) is 6.07 Å². The van der Waals surface area contributed by atoms with Crippen molar-refractivity contribution in [2.45, 2.75) is 33.2 Å². The van der Waals surface area contributed by atoms with E-state index in [1.165, 1.54) is 6.20 Å². The second-order valence-electron chi connectivity index (χ2n) is 4.27. The Morgan fingerprint density at radius 3 is 2.95 bits per heavy atom. The molecule has 0 radical (unpaired) electrons. The summed E-state index contributed by atoms with van der Waals surface area (Å²) in [7, 11) is 0. The van der Waals surface area contributed by atoms with Crippen LogP contribution >= 0.6 is 0 Å². The number of hydrogen-bond donors (Lipinski definition) is 2. The summed E-state index contributed by atoms with van der Waals surface area (Å²) in [5.41, 5.74) is 0.976. The molecule has 1 aromatic heterocycles. The van der Waals surface area contributed by atoms with Gasteiger partial charge in [0.05, 0.1) is 0 Å². The van der Waals surface area contributed by atoms with Crippen LogP contribution in [0.5, 0.6) is 0 Å². The first kappa shape index (κ1) is 14.7. The van der Waals surface area contributed by atoms with Crippen LogP contribution in [0.15, 0.2) is 30.1 Å². The van der Waals surface area contributed by atoms with Gasteiger partial charge in [-0.15, -0.1) is 0 Å². The van der Waals surface area contributed by atoms with Crippen molar-refractivity contribution in [3.05, 3.63) is 35.7 Å². The summed E-state index contributed by atoms with van der Waals surface area (Å²) < 4.78 is 0. The molecule has 0 aliphatic heterocycles. The van der Waals surface area contributed by atoms with Gasteiger partial charge in [0.2, 0.25) is 0 Å². The first-order valence-corrected chi connectivity index (χ1v) is 6.17. The Bertz CT molecular complexity index is 516. The summed E-state index contributed by atoms with van der Waals surface area (Å²) in [5.74, 6) is 0.254. The fourth-order valence-electron chi connectivity index (χ4n) is 1.33. The van der Waals surface area contributed by atoms with E-state index in [9.17, 15) is 4.79 Å². The monoisotopic (exact) mass is 258 g/mol. The molecule has 1 atom stereocenters.